The molecule has 2 atom stereocenters. The Morgan fingerprint density at radius 1 is 1.24 bits per heavy atom. The molecule has 1 fully saturated rings. The first-order valence-corrected chi connectivity index (χ1v) is 9.80. The van der Waals surface area contributed by atoms with Crippen LogP contribution in [0.15, 0.2) is 24.3 Å². The number of nitrogens with one attached hydrogen (secondary N) is 1. The van der Waals surface area contributed by atoms with Crippen molar-refractivity contribution in [3.8, 4) is 0 Å². The van der Waals surface area contributed by atoms with Crippen LogP contribution in [-0.4, -0.2) is 43.7 Å². The van der Waals surface area contributed by atoms with Crippen LogP contribution in [0.5, 0.6) is 0 Å². The average Bonchev–Trinajstić information content (AvgIpc) is 2.85. The van der Waals surface area contributed by atoms with Gasteiger partial charge in [-0.15, -0.1) is 0 Å². The number of rotatable bonds is 6. The standard InChI is InChI=1S/C17H21NO6S/c1-11(24-16(20)9-13-7-8-25(22,23)10-13)17(21)14-3-5-15(6-4-14)18-12(2)19/h3-6,11,13H,7-10H2,1-2H3,(H,18,19)/t11-,13+/m0/s1. The number of sulfone groups is 1. The van der Waals surface area contributed by atoms with E-state index in [9.17, 15) is 22.8 Å². The number of ketones is 1. The second-order valence-electron chi connectivity index (χ2n) is 6.23. The number of ether oxygens (including phenoxy) is 1. The Bertz CT molecular complexity index is 769. The molecule has 0 aliphatic carbocycles. The molecule has 1 N–H and O–H groups in total. The van der Waals surface area contributed by atoms with Crippen molar-refractivity contribution >= 4 is 33.2 Å². The van der Waals surface area contributed by atoms with E-state index < -0.39 is 21.9 Å². The number of carbonyl (C=O) groups excluding carboxylic acids is 3. The second-order valence-corrected chi connectivity index (χ2v) is 8.46. The Balaban J connectivity index is 1.89. The molecular weight excluding hydrogens is 346 g/mol. The predicted molar refractivity (Wildman–Crippen MR) is 92.0 cm³/mol. The summed E-state index contributed by atoms with van der Waals surface area (Å²) < 4.78 is 27.9. The van der Waals surface area contributed by atoms with Crippen molar-refractivity contribution in [1.82, 2.24) is 0 Å². The van der Waals surface area contributed by atoms with Gasteiger partial charge in [-0.2, -0.15) is 0 Å². The maximum absolute atomic E-state index is 12.3. The lowest BCUT2D eigenvalue weighted by molar-refractivity contribution is -0.147. The van der Waals surface area contributed by atoms with Gasteiger partial charge < -0.3 is 10.1 Å². The summed E-state index contributed by atoms with van der Waals surface area (Å²) in [5, 5.41) is 2.59. The van der Waals surface area contributed by atoms with Crippen LogP contribution in [0, 0.1) is 5.92 Å². The van der Waals surface area contributed by atoms with Crippen molar-refractivity contribution in [2.75, 3.05) is 16.8 Å². The number of hydrogen-bond donors (Lipinski definition) is 1. The molecule has 0 aromatic heterocycles. The molecule has 1 amide bonds. The van der Waals surface area contributed by atoms with Crippen LogP contribution >= 0.6 is 0 Å². The van der Waals surface area contributed by atoms with E-state index in [0.717, 1.165) is 0 Å². The van der Waals surface area contributed by atoms with E-state index in [-0.39, 0.29) is 35.5 Å². The molecule has 1 aromatic rings. The molecule has 7 nitrogen and oxygen atoms in total. The number of esters is 1. The summed E-state index contributed by atoms with van der Waals surface area (Å²) in [6.45, 7) is 2.86. The van der Waals surface area contributed by atoms with Gasteiger partial charge in [-0.25, -0.2) is 8.42 Å². The van der Waals surface area contributed by atoms with Gasteiger partial charge in [-0.1, -0.05) is 0 Å². The molecule has 0 unspecified atom stereocenters. The van der Waals surface area contributed by atoms with E-state index in [1.165, 1.54) is 13.8 Å². The van der Waals surface area contributed by atoms with E-state index in [1.807, 2.05) is 0 Å². The van der Waals surface area contributed by atoms with Gasteiger partial charge in [0, 0.05) is 24.6 Å². The van der Waals surface area contributed by atoms with Crippen molar-refractivity contribution in [1.29, 1.82) is 0 Å². The summed E-state index contributed by atoms with van der Waals surface area (Å²) in [4.78, 5) is 35.2. The SMILES string of the molecule is CC(=O)Nc1ccc(C(=O)[C@H](C)OC(=O)C[C@H]2CCS(=O)(=O)C2)cc1. The van der Waals surface area contributed by atoms with Crippen molar-refractivity contribution < 1.29 is 27.5 Å². The highest BCUT2D eigenvalue weighted by Crippen LogP contribution is 2.22. The van der Waals surface area contributed by atoms with Crippen LogP contribution in [-0.2, 0) is 24.2 Å². The van der Waals surface area contributed by atoms with Crippen LogP contribution < -0.4 is 5.32 Å². The fraction of sp³-hybridized carbons (Fsp3) is 0.471. The number of benzene rings is 1. The number of amides is 1. The monoisotopic (exact) mass is 367 g/mol. The third kappa shape index (κ3) is 5.67. The number of Topliss-reactive ketones (excluding diaryl/α,β-unsaturated/α-hetero) is 1. The smallest absolute Gasteiger partial charge is 0.306 e. The maximum Gasteiger partial charge on any atom is 0.306 e. The fourth-order valence-electron chi connectivity index (χ4n) is 2.72. The number of carbonyl (C=O) groups is 3. The zero-order valence-corrected chi connectivity index (χ0v) is 15.0. The lowest BCUT2D eigenvalue weighted by Crippen LogP contribution is -2.25. The Labute approximate surface area is 146 Å². The Hall–Kier alpha value is -2.22. The van der Waals surface area contributed by atoms with Crippen LogP contribution in [0.25, 0.3) is 0 Å². The summed E-state index contributed by atoms with van der Waals surface area (Å²) in [5.41, 5.74) is 0.925. The normalized spacial score (nSPS) is 19.8. The Kier molecular flexibility index (Phi) is 5.94. The fourth-order valence-corrected chi connectivity index (χ4v) is 4.59. The van der Waals surface area contributed by atoms with Gasteiger partial charge in [0.25, 0.3) is 0 Å². The van der Waals surface area contributed by atoms with Gasteiger partial charge >= 0.3 is 5.97 Å². The van der Waals surface area contributed by atoms with Gasteiger partial charge in [0.05, 0.1) is 11.5 Å². The van der Waals surface area contributed by atoms with Crippen LogP contribution in [0.3, 0.4) is 0 Å². The summed E-state index contributed by atoms with van der Waals surface area (Å²) in [6, 6.07) is 6.27. The molecule has 1 aliphatic rings. The molecule has 1 aromatic carbocycles. The average molecular weight is 367 g/mol. The molecule has 1 aliphatic heterocycles. The first-order valence-electron chi connectivity index (χ1n) is 7.98. The lowest BCUT2D eigenvalue weighted by Gasteiger charge is -2.14. The molecule has 136 valence electrons. The van der Waals surface area contributed by atoms with Gasteiger partial charge in [0.15, 0.2) is 15.9 Å². The van der Waals surface area contributed by atoms with Crippen LogP contribution in [0.1, 0.15) is 37.0 Å². The molecule has 0 spiro atoms. The van der Waals surface area contributed by atoms with Gasteiger partial charge in [0.1, 0.15) is 0 Å². The molecule has 2 rings (SSSR count). The minimum absolute atomic E-state index is 0.00167. The quantitative estimate of drug-likeness (QED) is 0.604. The summed E-state index contributed by atoms with van der Waals surface area (Å²) in [6.07, 6.45) is -0.514. The maximum atomic E-state index is 12.3. The van der Waals surface area contributed by atoms with Gasteiger partial charge in [-0.05, 0) is 43.5 Å². The minimum Gasteiger partial charge on any atom is -0.454 e. The molecule has 1 saturated heterocycles. The summed E-state index contributed by atoms with van der Waals surface area (Å²) in [7, 11) is -3.05. The first-order chi connectivity index (χ1) is 11.7. The van der Waals surface area contributed by atoms with Crippen molar-refractivity contribution in [2.24, 2.45) is 5.92 Å². The van der Waals surface area contributed by atoms with Crippen molar-refractivity contribution in [2.45, 2.75) is 32.8 Å². The predicted octanol–water partition coefficient (Wildman–Crippen LogP) is 1.58. The molecular formula is C17H21NO6S. The van der Waals surface area contributed by atoms with E-state index in [0.29, 0.717) is 17.7 Å². The molecule has 1 heterocycles. The third-order valence-electron chi connectivity index (χ3n) is 3.95. The highest BCUT2D eigenvalue weighted by molar-refractivity contribution is 7.91. The van der Waals surface area contributed by atoms with E-state index in [4.69, 9.17) is 4.74 Å². The minimum atomic E-state index is -3.05. The van der Waals surface area contributed by atoms with Crippen LogP contribution in [0.2, 0.25) is 0 Å². The molecule has 0 bridgehead atoms. The molecule has 0 radical (unpaired) electrons. The molecule has 8 heteroatoms. The number of anilines is 1. The molecule has 0 saturated carbocycles. The summed E-state index contributed by atoms with van der Waals surface area (Å²) in [5.74, 6) is -1.29. The zero-order valence-electron chi connectivity index (χ0n) is 14.2. The lowest BCUT2D eigenvalue weighted by atomic mass is 10.0. The van der Waals surface area contributed by atoms with Crippen molar-refractivity contribution in [3.05, 3.63) is 29.8 Å². The Morgan fingerprint density at radius 3 is 2.40 bits per heavy atom. The summed E-state index contributed by atoms with van der Waals surface area (Å²) >= 11 is 0. The second kappa shape index (κ2) is 7.77. The highest BCUT2D eigenvalue weighted by atomic mass is 32.2. The van der Waals surface area contributed by atoms with Crippen molar-refractivity contribution in [3.63, 3.8) is 0 Å². The third-order valence-corrected chi connectivity index (χ3v) is 5.79. The molecule has 25 heavy (non-hydrogen) atoms. The van der Waals surface area contributed by atoms with E-state index >= 15 is 0 Å². The zero-order chi connectivity index (χ0) is 18.6. The van der Waals surface area contributed by atoms with E-state index in [2.05, 4.69) is 5.32 Å². The topological polar surface area (TPSA) is 107 Å². The first kappa shape index (κ1) is 19.1. The van der Waals surface area contributed by atoms with Crippen LogP contribution in [0.4, 0.5) is 5.69 Å². The Morgan fingerprint density at radius 2 is 1.88 bits per heavy atom. The highest BCUT2D eigenvalue weighted by Gasteiger charge is 2.30. The number of hydrogen-bond acceptors (Lipinski definition) is 6. The van der Waals surface area contributed by atoms with Gasteiger partial charge in [0.2, 0.25) is 11.7 Å². The van der Waals surface area contributed by atoms with Gasteiger partial charge in [-0.3, -0.25) is 14.4 Å². The largest absolute Gasteiger partial charge is 0.454 e. The van der Waals surface area contributed by atoms with E-state index in [1.54, 1.807) is 24.3 Å².